The second kappa shape index (κ2) is 4.84. The van der Waals surface area contributed by atoms with Crippen LogP contribution in [0.3, 0.4) is 0 Å². The second-order valence-corrected chi connectivity index (χ2v) is 5.68. The molecule has 0 unspecified atom stereocenters. The van der Waals surface area contributed by atoms with E-state index in [9.17, 15) is 13.6 Å². The van der Waals surface area contributed by atoms with Crippen molar-refractivity contribution in [2.45, 2.75) is 12.8 Å². The Morgan fingerprint density at radius 2 is 1.90 bits per heavy atom. The van der Waals surface area contributed by atoms with Crippen LogP contribution in [0.1, 0.15) is 16.1 Å². The lowest BCUT2D eigenvalue weighted by molar-refractivity contribution is -0.113. The molecule has 21 heavy (non-hydrogen) atoms. The molecule has 1 N–H and O–H groups in total. The molecule has 0 atom stereocenters. The molecule has 2 aromatic rings. The molecule has 6 heteroatoms. The van der Waals surface area contributed by atoms with Crippen molar-refractivity contribution in [3.05, 3.63) is 46.7 Å². The summed E-state index contributed by atoms with van der Waals surface area (Å²) in [7, 11) is 0. The Morgan fingerprint density at radius 1 is 1.29 bits per heavy atom. The maximum Gasteiger partial charge on any atom is 0.282 e. The van der Waals surface area contributed by atoms with E-state index in [0.29, 0.717) is 10.7 Å². The zero-order valence-electron chi connectivity index (χ0n) is 11.3. The first-order valence-electron chi connectivity index (χ1n) is 6.48. The molecule has 3 nitrogen and oxygen atoms in total. The zero-order valence-corrected chi connectivity index (χ0v) is 12.0. The van der Waals surface area contributed by atoms with Gasteiger partial charge < -0.3 is 9.88 Å². The largest absolute Gasteiger partial charge is 0.356 e. The van der Waals surface area contributed by atoms with E-state index in [2.05, 4.69) is 4.98 Å². The molecule has 0 saturated carbocycles. The highest BCUT2D eigenvalue weighted by molar-refractivity contribution is 6.30. The van der Waals surface area contributed by atoms with Crippen LogP contribution in [-0.2, 0) is 0 Å². The van der Waals surface area contributed by atoms with Gasteiger partial charge in [0, 0.05) is 16.8 Å². The fraction of sp³-hybridized carbons (Fsp3) is 0.267. The van der Waals surface area contributed by atoms with Gasteiger partial charge in [-0.15, -0.1) is 0 Å². The number of carbonyl (C=O) groups is 1. The number of hydrogen-bond donors (Lipinski definition) is 1. The summed E-state index contributed by atoms with van der Waals surface area (Å²) in [6, 6.07) is 7.07. The minimum Gasteiger partial charge on any atom is -0.356 e. The molecule has 1 aliphatic rings. The number of rotatable bonds is 2. The Hall–Kier alpha value is -1.88. The summed E-state index contributed by atoms with van der Waals surface area (Å²) in [5.41, 5.74) is 2.78. The summed E-state index contributed by atoms with van der Waals surface area (Å²) in [5, 5.41) is 0.599. The summed E-state index contributed by atoms with van der Waals surface area (Å²) in [4.78, 5) is 16.4. The van der Waals surface area contributed by atoms with Crippen LogP contribution in [0.15, 0.2) is 30.5 Å². The second-order valence-electron chi connectivity index (χ2n) is 5.25. The number of benzene rings is 1. The lowest BCUT2D eigenvalue weighted by Crippen LogP contribution is -2.58. The number of alkyl halides is 2. The van der Waals surface area contributed by atoms with Gasteiger partial charge in [0.1, 0.15) is 5.69 Å². The van der Waals surface area contributed by atoms with Gasteiger partial charge in [-0.05, 0) is 30.2 Å². The van der Waals surface area contributed by atoms with Gasteiger partial charge >= 0.3 is 0 Å². The maximum atomic E-state index is 12.9. The van der Waals surface area contributed by atoms with Crippen molar-refractivity contribution in [3.8, 4) is 11.1 Å². The van der Waals surface area contributed by atoms with Crippen LogP contribution in [0.2, 0.25) is 5.02 Å². The number of likely N-dealkylation sites (tertiary alicyclic amines) is 1. The summed E-state index contributed by atoms with van der Waals surface area (Å²) < 4.78 is 25.8. The Kier molecular flexibility index (Phi) is 3.24. The van der Waals surface area contributed by atoms with E-state index in [1.807, 2.05) is 6.92 Å². The smallest absolute Gasteiger partial charge is 0.282 e. The van der Waals surface area contributed by atoms with Crippen LogP contribution < -0.4 is 0 Å². The Balaban J connectivity index is 1.94. The molecule has 0 spiro atoms. The molecule has 3 rings (SSSR count). The van der Waals surface area contributed by atoms with Crippen LogP contribution in [0.4, 0.5) is 8.78 Å². The monoisotopic (exact) mass is 310 g/mol. The van der Waals surface area contributed by atoms with E-state index in [0.717, 1.165) is 21.6 Å². The predicted octanol–water partition coefficient (Wildman–Crippen LogP) is 3.73. The average molecular weight is 311 g/mol. The van der Waals surface area contributed by atoms with E-state index in [1.165, 1.54) is 0 Å². The highest BCUT2D eigenvalue weighted by Gasteiger charge is 2.47. The topological polar surface area (TPSA) is 36.1 Å². The lowest BCUT2D eigenvalue weighted by Gasteiger charge is -2.38. The molecule has 1 aromatic carbocycles. The molecule has 0 radical (unpaired) electrons. The van der Waals surface area contributed by atoms with Crippen LogP contribution in [0.25, 0.3) is 11.1 Å². The Labute approximate surface area is 125 Å². The lowest BCUT2D eigenvalue weighted by atomic mass is 10.0. The fourth-order valence-electron chi connectivity index (χ4n) is 2.49. The molecule has 0 bridgehead atoms. The molecular weight excluding hydrogens is 298 g/mol. The Morgan fingerprint density at radius 3 is 2.48 bits per heavy atom. The summed E-state index contributed by atoms with van der Waals surface area (Å²) in [6.07, 6.45) is 1.70. The molecular formula is C15H13ClF2N2O. The predicted molar refractivity (Wildman–Crippen MR) is 76.8 cm³/mol. The van der Waals surface area contributed by atoms with Crippen LogP contribution in [0.5, 0.6) is 0 Å². The van der Waals surface area contributed by atoms with Gasteiger partial charge in [-0.2, -0.15) is 0 Å². The van der Waals surface area contributed by atoms with Crippen LogP contribution in [0, 0.1) is 6.92 Å². The highest BCUT2D eigenvalue weighted by atomic mass is 35.5. The van der Waals surface area contributed by atoms with Crippen molar-refractivity contribution >= 4 is 17.5 Å². The molecule has 1 fully saturated rings. The van der Waals surface area contributed by atoms with E-state index < -0.39 is 24.9 Å². The minimum absolute atomic E-state index is 0.338. The third-order valence-electron chi connectivity index (χ3n) is 3.56. The first kappa shape index (κ1) is 14.1. The number of hydrogen-bond acceptors (Lipinski definition) is 1. The fourth-order valence-corrected chi connectivity index (χ4v) is 2.62. The number of halogens is 3. The van der Waals surface area contributed by atoms with Gasteiger partial charge in [-0.25, -0.2) is 8.78 Å². The number of carbonyl (C=O) groups excluding carboxylic acids is 1. The third kappa shape index (κ3) is 2.53. The molecule has 2 heterocycles. The minimum atomic E-state index is -2.77. The standard InChI is InChI=1S/C15H13ClF2N2O/c1-9-6-19-13(14(21)20-7-15(17,18)8-20)12(9)10-2-4-11(16)5-3-10/h2-6,19H,7-8H2,1H3. The number of aromatic amines is 1. The van der Waals surface area contributed by atoms with Gasteiger partial charge in [0.2, 0.25) is 0 Å². The first-order valence-corrected chi connectivity index (χ1v) is 6.86. The zero-order chi connectivity index (χ0) is 15.2. The molecule has 1 saturated heterocycles. The van der Waals surface area contributed by atoms with Gasteiger partial charge in [0.05, 0.1) is 13.1 Å². The van der Waals surface area contributed by atoms with Crippen molar-refractivity contribution in [1.82, 2.24) is 9.88 Å². The molecule has 1 amide bonds. The molecule has 0 aliphatic carbocycles. The first-order chi connectivity index (χ1) is 9.87. The molecule has 110 valence electrons. The quantitative estimate of drug-likeness (QED) is 0.901. The van der Waals surface area contributed by atoms with Gasteiger partial charge in [-0.1, -0.05) is 23.7 Å². The van der Waals surface area contributed by atoms with E-state index in [-0.39, 0.29) is 0 Å². The summed E-state index contributed by atoms with van der Waals surface area (Å²) >= 11 is 5.86. The maximum absolute atomic E-state index is 12.9. The summed E-state index contributed by atoms with van der Waals surface area (Å²) in [6.45, 7) is 0.815. The summed E-state index contributed by atoms with van der Waals surface area (Å²) in [5.74, 6) is -3.17. The van der Waals surface area contributed by atoms with Crippen molar-refractivity contribution in [2.24, 2.45) is 0 Å². The number of nitrogens with one attached hydrogen (secondary N) is 1. The Bertz CT molecular complexity index is 686. The van der Waals surface area contributed by atoms with E-state index in [1.54, 1.807) is 30.5 Å². The van der Waals surface area contributed by atoms with Crippen molar-refractivity contribution in [1.29, 1.82) is 0 Å². The number of H-pyrrole nitrogens is 1. The van der Waals surface area contributed by atoms with Gasteiger partial charge in [-0.3, -0.25) is 4.79 Å². The van der Waals surface area contributed by atoms with Crippen molar-refractivity contribution < 1.29 is 13.6 Å². The number of nitrogens with zero attached hydrogens (tertiary/aromatic N) is 1. The molecule has 1 aliphatic heterocycles. The normalized spacial score (nSPS) is 16.7. The number of aryl methyl sites for hydroxylation is 1. The van der Waals surface area contributed by atoms with Crippen LogP contribution >= 0.6 is 11.6 Å². The van der Waals surface area contributed by atoms with E-state index >= 15 is 0 Å². The van der Waals surface area contributed by atoms with Crippen molar-refractivity contribution in [3.63, 3.8) is 0 Å². The van der Waals surface area contributed by atoms with Crippen LogP contribution in [-0.4, -0.2) is 34.8 Å². The van der Waals surface area contributed by atoms with E-state index in [4.69, 9.17) is 11.6 Å². The number of amides is 1. The van der Waals surface area contributed by atoms with Crippen molar-refractivity contribution in [2.75, 3.05) is 13.1 Å². The van der Waals surface area contributed by atoms with Gasteiger partial charge in [0.25, 0.3) is 11.8 Å². The average Bonchev–Trinajstić information content (AvgIpc) is 2.78. The third-order valence-corrected chi connectivity index (χ3v) is 3.81. The molecule has 1 aromatic heterocycles. The SMILES string of the molecule is Cc1c[nH]c(C(=O)N2CC(F)(F)C2)c1-c1ccc(Cl)cc1. The van der Waals surface area contributed by atoms with Gasteiger partial charge in [0.15, 0.2) is 0 Å². The number of aromatic nitrogens is 1. The highest BCUT2D eigenvalue weighted by Crippen LogP contribution is 2.33.